The van der Waals surface area contributed by atoms with Crippen LogP contribution in [0.2, 0.25) is 0 Å². The molecule has 4 aromatic rings. The van der Waals surface area contributed by atoms with Gasteiger partial charge in [0, 0.05) is 31.1 Å². The van der Waals surface area contributed by atoms with Crippen molar-refractivity contribution in [3.05, 3.63) is 48.5 Å². The maximum absolute atomic E-state index is 5.92. The smallest absolute Gasteiger partial charge is 0.160 e. The van der Waals surface area contributed by atoms with Gasteiger partial charge in [0.05, 0.1) is 5.69 Å². The van der Waals surface area contributed by atoms with Crippen LogP contribution in [-0.4, -0.2) is 29.1 Å². The van der Waals surface area contributed by atoms with E-state index in [2.05, 4.69) is 25.4 Å². The predicted molar refractivity (Wildman–Crippen MR) is 96.6 cm³/mol. The molecule has 8 heteroatoms. The third kappa shape index (κ3) is 2.78. The standard InChI is InChI=1S/C17H18N8/c1-3-24-9-7-14(23-24)21-17-16(12-10-13(18)20-11(2)19-12)25-8-5-4-6-15(25)22-17/h4-10H,3H2,1-2H3,(H,21,23)(H2,18,19,20). The van der Waals surface area contributed by atoms with Gasteiger partial charge in [-0.25, -0.2) is 15.0 Å². The highest BCUT2D eigenvalue weighted by Crippen LogP contribution is 2.30. The van der Waals surface area contributed by atoms with E-state index in [1.807, 2.05) is 59.6 Å². The summed E-state index contributed by atoms with van der Waals surface area (Å²) in [5.41, 5.74) is 8.25. The highest BCUT2D eigenvalue weighted by molar-refractivity contribution is 5.78. The summed E-state index contributed by atoms with van der Waals surface area (Å²) in [6.07, 6.45) is 3.87. The first-order valence-electron chi connectivity index (χ1n) is 8.03. The first kappa shape index (κ1) is 15.1. The summed E-state index contributed by atoms with van der Waals surface area (Å²) < 4.78 is 3.82. The van der Waals surface area contributed by atoms with E-state index >= 15 is 0 Å². The molecule has 0 radical (unpaired) electrons. The first-order valence-corrected chi connectivity index (χ1v) is 8.03. The van der Waals surface area contributed by atoms with Crippen molar-refractivity contribution in [3.8, 4) is 11.4 Å². The van der Waals surface area contributed by atoms with Crippen LogP contribution in [0, 0.1) is 6.92 Å². The van der Waals surface area contributed by atoms with Crippen molar-refractivity contribution in [1.82, 2.24) is 29.1 Å². The molecule has 4 aromatic heterocycles. The molecule has 0 spiro atoms. The largest absolute Gasteiger partial charge is 0.384 e. The second kappa shape index (κ2) is 5.90. The molecule has 126 valence electrons. The summed E-state index contributed by atoms with van der Waals surface area (Å²) in [5, 5.41) is 7.75. The molecule has 3 N–H and O–H groups in total. The SMILES string of the molecule is CCn1ccc(Nc2nc3ccccn3c2-c2cc(N)nc(C)n2)n1. The molecule has 0 saturated heterocycles. The molecule has 0 atom stereocenters. The van der Waals surface area contributed by atoms with Gasteiger partial charge in [-0.05, 0) is 26.0 Å². The van der Waals surface area contributed by atoms with Crippen molar-refractivity contribution in [2.24, 2.45) is 0 Å². The van der Waals surface area contributed by atoms with E-state index in [1.165, 1.54) is 0 Å². The lowest BCUT2D eigenvalue weighted by Crippen LogP contribution is -2.01. The molecule has 0 bridgehead atoms. The van der Waals surface area contributed by atoms with E-state index < -0.39 is 0 Å². The van der Waals surface area contributed by atoms with Crippen molar-refractivity contribution in [2.75, 3.05) is 11.1 Å². The summed E-state index contributed by atoms with van der Waals surface area (Å²) in [5.74, 6) is 2.44. The molecule has 0 aromatic carbocycles. The van der Waals surface area contributed by atoms with E-state index in [0.29, 0.717) is 23.2 Å². The molecule has 0 aliphatic carbocycles. The molecule has 0 aliphatic heterocycles. The summed E-state index contributed by atoms with van der Waals surface area (Å²) in [7, 11) is 0. The lowest BCUT2D eigenvalue weighted by molar-refractivity contribution is 0.662. The Labute approximate surface area is 144 Å². The van der Waals surface area contributed by atoms with Crippen LogP contribution < -0.4 is 11.1 Å². The fourth-order valence-corrected chi connectivity index (χ4v) is 2.77. The van der Waals surface area contributed by atoms with Gasteiger partial charge in [-0.1, -0.05) is 6.07 Å². The summed E-state index contributed by atoms with van der Waals surface area (Å²) in [4.78, 5) is 13.4. The Morgan fingerprint density at radius 1 is 1.12 bits per heavy atom. The van der Waals surface area contributed by atoms with Crippen LogP contribution in [0.3, 0.4) is 0 Å². The van der Waals surface area contributed by atoms with E-state index in [-0.39, 0.29) is 0 Å². The number of nitrogen functional groups attached to an aromatic ring is 1. The van der Waals surface area contributed by atoms with Gasteiger partial charge in [0.2, 0.25) is 0 Å². The zero-order valence-corrected chi connectivity index (χ0v) is 14.0. The van der Waals surface area contributed by atoms with E-state index in [9.17, 15) is 0 Å². The Kier molecular flexibility index (Phi) is 3.57. The number of fused-ring (bicyclic) bond motifs is 1. The van der Waals surface area contributed by atoms with Crippen LogP contribution in [0.15, 0.2) is 42.7 Å². The third-order valence-corrected chi connectivity index (χ3v) is 3.84. The number of nitrogens with two attached hydrogens (primary N) is 1. The highest BCUT2D eigenvalue weighted by atomic mass is 15.3. The number of hydrogen-bond donors (Lipinski definition) is 2. The molecular weight excluding hydrogens is 316 g/mol. The number of imidazole rings is 1. The molecule has 0 amide bonds. The third-order valence-electron chi connectivity index (χ3n) is 3.84. The van der Waals surface area contributed by atoms with Crippen LogP contribution >= 0.6 is 0 Å². The number of hydrogen-bond acceptors (Lipinski definition) is 6. The Balaban J connectivity index is 1.88. The van der Waals surface area contributed by atoms with Gasteiger partial charge in [0.1, 0.15) is 23.0 Å². The van der Waals surface area contributed by atoms with Crippen molar-refractivity contribution >= 4 is 23.1 Å². The molecule has 4 heterocycles. The van der Waals surface area contributed by atoms with Crippen molar-refractivity contribution in [2.45, 2.75) is 20.4 Å². The van der Waals surface area contributed by atoms with E-state index in [1.54, 1.807) is 6.07 Å². The number of nitrogens with zero attached hydrogens (tertiary/aromatic N) is 6. The minimum absolute atomic E-state index is 0.426. The monoisotopic (exact) mass is 334 g/mol. The van der Waals surface area contributed by atoms with E-state index in [0.717, 1.165) is 23.7 Å². The molecular formula is C17H18N8. The summed E-state index contributed by atoms with van der Waals surface area (Å²) >= 11 is 0. The number of aromatic nitrogens is 6. The van der Waals surface area contributed by atoms with Crippen molar-refractivity contribution < 1.29 is 0 Å². The Hall–Kier alpha value is -3.42. The normalized spacial score (nSPS) is 11.1. The van der Waals surface area contributed by atoms with Gasteiger partial charge in [-0.15, -0.1) is 0 Å². The average Bonchev–Trinajstić information content (AvgIpc) is 3.17. The molecule has 0 fully saturated rings. The summed E-state index contributed by atoms with van der Waals surface area (Å²) in [6.45, 7) is 4.67. The molecule has 0 aliphatic rings. The number of aryl methyl sites for hydroxylation is 2. The topological polar surface area (TPSA) is 99.0 Å². The van der Waals surface area contributed by atoms with E-state index in [4.69, 9.17) is 5.73 Å². The second-order valence-corrected chi connectivity index (χ2v) is 5.64. The molecule has 8 nitrogen and oxygen atoms in total. The Bertz CT molecular complexity index is 1030. The minimum atomic E-state index is 0.426. The van der Waals surface area contributed by atoms with Crippen molar-refractivity contribution in [3.63, 3.8) is 0 Å². The molecule has 4 rings (SSSR count). The van der Waals surface area contributed by atoms with Gasteiger partial charge in [-0.2, -0.15) is 5.10 Å². The Morgan fingerprint density at radius 2 is 2.00 bits per heavy atom. The van der Waals surface area contributed by atoms with Gasteiger partial charge < -0.3 is 11.1 Å². The molecule has 0 unspecified atom stereocenters. The van der Waals surface area contributed by atoms with Crippen LogP contribution in [0.4, 0.5) is 17.5 Å². The molecule has 0 saturated carbocycles. The van der Waals surface area contributed by atoms with Gasteiger partial charge >= 0.3 is 0 Å². The number of anilines is 3. The average molecular weight is 334 g/mol. The van der Waals surface area contributed by atoms with Gasteiger partial charge in [0.15, 0.2) is 11.6 Å². The number of nitrogens with one attached hydrogen (secondary N) is 1. The maximum atomic E-state index is 5.92. The quantitative estimate of drug-likeness (QED) is 0.595. The van der Waals surface area contributed by atoms with Crippen LogP contribution in [0.1, 0.15) is 12.7 Å². The van der Waals surface area contributed by atoms with Crippen molar-refractivity contribution in [1.29, 1.82) is 0 Å². The fraction of sp³-hybridized carbons (Fsp3) is 0.176. The predicted octanol–water partition coefficient (Wildman–Crippen LogP) is 2.64. The maximum Gasteiger partial charge on any atom is 0.160 e. The highest BCUT2D eigenvalue weighted by Gasteiger charge is 2.17. The zero-order chi connectivity index (χ0) is 17.4. The van der Waals surface area contributed by atoms with Crippen LogP contribution in [-0.2, 0) is 6.54 Å². The number of pyridine rings is 1. The Morgan fingerprint density at radius 3 is 2.76 bits per heavy atom. The molecule has 25 heavy (non-hydrogen) atoms. The second-order valence-electron chi connectivity index (χ2n) is 5.64. The lowest BCUT2D eigenvalue weighted by Gasteiger charge is -2.07. The zero-order valence-electron chi connectivity index (χ0n) is 14.0. The van der Waals surface area contributed by atoms with Gasteiger partial charge in [0.25, 0.3) is 0 Å². The fourth-order valence-electron chi connectivity index (χ4n) is 2.77. The first-order chi connectivity index (χ1) is 12.1. The van der Waals surface area contributed by atoms with Crippen LogP contribution in [0.25, 0.3) is 17.0 Å². The lowest BCUT2D eigenvalue weighted by atomic mass is 10.2. The van der Waals surface area contributed by atoms with Gasteiger partial charge in [-0.3, -0.25) is 9.08 Å². The minimum Gasteiger partial charge on any atom is -0.384 e. The summed E-state index contributed by atoms with van der Waals surface area (Å²) in [6, 6.07) is 9.50. The van der Waals surface area contributed by atoms with Crippen LogP contribution in [0.5, 0.6) is 0 Å². The number of rotatable bonds is 4.